The van der Waals surface area contributed by atoms with Gasteiger partial charge in [0.15, 0.2) is 0 Å². The Morgan fingerprint density at radius 3 is 2.32 bits per heavy atom. The maximum atomic E-state index is 12.8. The number of benzene rings is 1. The minimum Gasteiger partial charge on any atom is -0.495 e. The van der Waals surface area contributed by atoms with Gasteiger partial charge in [0.25, 0.3) is 0 Å². The SMILES string of the molecule is COc1cc(C)c(Br)cc1S(=O)(=O)N1CCN(C(C)=O)CC1. The quantitative estimate of drug-likeness (QED) is 0.786. The van der Waals surface area contributed by atoms with Crippen LogP contribution in [0.3, 0.4) is 0 Å². The highest BCUT2D eigenvalue weighted by Gasteiger charge is 2.31. The number of hydrogen-bond donors (Lipinski definition) is 0. The highest BCUT2D eigenvalue weighted by molar-refractivity contribution is 9.10. The van der Waals surface area contributed by atoms with Crippen LogP contribution in [0.2, 0.25) is 0 Å². The van der Waals surface area contributed by atoms with Crippen molar-refractivity contribution in [3.8, 4) is 5.75 Å². The first-order valence-corrected chi connectivity index (χ1v) is 9.10. The van der Waals surface area contributed by atoms with Gasteiger partial charge in [-0.2, -0.15) is 4.31 Å². The standard InChI is InChI=1S/C14H19BrN2O4S/c1-10-8-13(21-3)14(9-12(10)15)22(19,20)17-6-4-16(5-7-17)11(2)18/h8-9H,4-7H2,1-3H3. The third-order valence-corrected chi connectivity index (χ3v) is 6.52. The molecule has 1 saturated heterocycles. The van der Waals surface area contributed by atoms with Crippen molar-refractivity contribution in [2.45, 2.75) is 18.7 Å². The minimum absolute atomic E-state index is 0.0345. The molecule has 1 aliphatic heterocycles. The van der Waals surface area contributed by atoms with E-state index in [2.05, 4.69) is 15.9 Å². The molecule has 0 aromatic heterocycles. The molecular weight excluding hydrogens is 372 g/mol. The van der Waals surface area contributed by atoms with E-state index in [1.54, 1.807) is 17.0 Å². The van der Waals surface area contributed by atoms with Crippen molar-refractivity contribution in [1.29, 1.82) is 0 Å². The predicted molar refractivity (Wildman–Crippen MR) is 86.4 cm³/mol. The van der Waals surface area contributed by atoms with E-state index >= 15 is 0 Å². The zero-order valence-corrected chi connectivity index (χ0v) is 15.2. The summed E-state index contributed by atoms with van der Waals surface area (Å²) in [4.78, 5) is 13.1. The van der Waals surface area contributed by atoms with Crippen LogP contribution in [0.4, 0.5) is 0 Å². The lowest BCUT2D eigenvalue weighted by Gasteiger charge is -2.33. The van der Waals surface area contributed by atoms with Crippen molar-refractivity contribution in [3.63, 3.8) is 0 Å². The summed E-state index contributed by atoms with van der Waals surface area (Å²) in [6.07, 6.45) is 0. The number of piperazine rings is 1. The van der Waals surface area contributed by atoms with Gasteiger partial charge >= 0.3 is 0 Å². The van der Waals surface area contributed by atoms with Gasteiger partial charge in [0.05, 0.1) is 7.11 Å². The summed E-state index contributed by atoms with van der Waals surface area (Å²) in [5, 5.41) is 0. The van der Waals surface area contributed by atoms with E-state index in [0.29, 0.717) is 23.3 Å². The molecule has 0 bridgehead atoms. The van der Waals surface area contributed by atoms with E-state index in [-0.39, 0.29) is 23.9 Å². The molecule has 1 aromatic carbocycles. The Hall–Kier alpha value is -1.12. The molecule has 0 N–H and O–H groups in total. The third-order valence-electron chi connectivity index (χ3n) is 3.75. The lowest BCUT2D eigenvalue weighted by molar-refractivity contribution is -0.129. The van der Waals surface area contributed by atoms with Crippen molar-refractivity contribution < 1.29 is 17.9 Å². The Morgan fingerprint density at radius 1 is 1.23 bits per heavy atom. The Bertz CT molecular complexity index is 682. The maximum absolute atomic E-state index is 12.8. The van der Waals surface area contributed by atoms with Gasteiger partial charge in [-0.25, -0.2) is 8.42 Å². The maximum Gasteiger partial charge on any atom is 0.246 e. The number of hydrogen-bond acceptors (Lipinski definition) is 4. The van der Waals surface area contributed by atoms with Gasteiger partial charge in [-0.3, -0.25) is 4.79 Å². The number of halogens is 1. The van der Waals surface area contributed by atoms with Crippen molar-refractivity contribution >= 4 is 31.9 Å². The van der Waals surface area contributed by atoms with E-state index in [4.69, 9.17) is 4.74 Å². The summed E-state index contributed by atoms with van der Waals surface area (Å²) < 4.78 is 33.0. The summed E-state index contributed by atoms with van der Waals surface area (Å²) in [5.74, 6) is 0.294. The molecule has 0 radical (unpaired) electrons. The summed E-state index contributed by atoms with van der Waals surface area (Å²) in [6.45, 7) is 4.75. The monoisotopic (exact) mass is 390 g/mol. The van der Waals surface area contributed by atoms with Gasteiger partial charge in [-0.05, 0) is 24.6 Å². The highest BCUT2D eigenvalue weighted by Crippen LogP contribution is 2.32. The first-order chi connectivity index (χ1) is 10.3. The number of carbonyl (C=O) groups excluding carboxylic acids is 1. The summed E-state index contributed by atoms with van der Waals surface area (Å²) in [5.41, 5.74) is 0.900. The number of methoxy groups -OCH3 is 1. The first-order valence-electron chi connectivity index (χ1n) is 6.87. The number of amides is 1. The zero-order chi connectivity index (χ0) is 16.5. The number of carbonyl (C=O) groups is 1. The molecule has 1 amide bonds. The number of aryl methyl sites for hydroxylation is 1. The molecule has 0 saturated carbocycles. The van der Waals surface area contributed by atoms with Crippen molar-refractivity contribution in [2.24, 2.45) is 0 Å². The van der Waals surface area contributed by atoms with Crippen LogP contribution in [0.25, 0.3) is 0 Å². The third kappa shape index (κ3) is 3.28. The van der Waals surface area contributed by atoms with Crippen molar-refractivity contribution in [1.82, 2.24) is 9.21 Å². The Morgan fingerprint density at radius 2 is 1.82 bits per heavy atom. The lowest BCUT2D eigenvalue weighted by atomic mass is 10.2. The topological polar surface area (TPSA) is 66.9 Å². The molecule has 122 valence electrons. The van der Waals surface area contributed by atoms with E-state index in [1.807, 2.05) is 6.92 Å². The van der Waals surface area contributed by atoms with E-state index in [1.165, 1.54) is 18.3 Å². The van der Waals surface area contributed by atoms with Crippen LogP contribution in [0.1, 0.15) is 12.5 Å². The number of nitrogens with zero attached hydrogens (tertiary/aromatic N) is 2. The molecule has 1 fully saturated rings. The van der Waals surface area contributed by atoms with Crippen molar-refractivity contribution in [3.05, 3.63) is 22.2 Å². The normalized spacial score (nSPS) is 16.6. The molecule has 8 heteroatoms. The predicted octanol–water partition coefficient (Wildman–Crippen LogP) is 1.62. The summed E-state index contributed by atoms with van der Waals surface area (Å²) in [7, 11) is -2.20. The van der Waals surface area contributed by atoms with Crippen LogP contribution in [0.5, 0.6) is 5.75 Å². The second-order valence-corrected chi connectivity index (χ2v) is 7.92. The minimum atomic E-state index is -3.65. The Labute approximate surface area is 139 Å². The molecule has 22 heavy (non-hydrogen) atoms. The van der Waals surface area contributed by atoms with Gasteiger partial charge in [-0.1, -0.05) is 15.9 Å². The summed E-state index contributed by atoms with van der Waals surface area (Å²) in [6, 6.07) is 3.27. The highest BCUT2D eigenvalue weighted by atomic mass is 79.9. The van der Waals surface area contributed by atoms with Gasteiger partial charge in [-0.15, -0.1) is 0 Å². The van der Waals surface area contributed by atoms with Gasteiger partial charge in [0.1, 0.15) is 10.6 Å². The molecule has 1 aliphatic rings. The molecule has 0 aliphatic carbocycles. The molecule has 2 rings (SSSR count). The van der Waals surface area contributed by atoms with Gasteiger partial charge in [0.2, 0.25) is 15.9 Å². The second-order valence-electron chi connectivity index (χ2n) is 5.16. The molecule has 6 nitrogen and oxygen atoms in total. The molecule has 1 heterocycles. The lowest BCUT2D eigenvalue weighted by Crippen LogP contribution is -2.49. The number of rotatable bonds is 3. The Kier molecular flexibility index (Phi) is 5.14. The van der Waals surface area contributed by atoms with Crippen LogP contribution in [0.15, 0.2) is 21.5 Å². The van der Waals surface area contributed by atoms with Crippen LogP contribution in [-0.4, -0.2) is 56.8 Å². The zero-order valence-electron chi connectivity index (χ0n) is 12.8. The fourth-order valence-corrected chi connectivity index (χ4v) is 4.46. The Balaban J connectivity index is 2.32. The fourth-order valence-electron chi connectivity index (χ4n) is 2.38. The average molecular weight is 391 g/mol. The average Bonchev–Trinajstić information content (AvgIpc) is 2.49. The van der Waals surface area contributed by atoms with Crippen LogP contribution in [0, 0.1) is 6.92 Å². The second kappa shape index (κ2) is 6.55. The summed E-state index contributed by atoms with van der Waals surface area (Å²) >= 11 is 3.36. The largest absolute Gasteiger partial charge is 0.495 e. The smallest absolute Gasteiger partial charge is 0.246 e. The number of ether oxygens (including phenoxy) is 1. The van der Waals surface area contributed by atoms with Crippen LogP contribution in [-0.2, 0) is 14.8 Å². The van der Waals surface area contributed by atoms with Gasteiger partial charge < -0.3 is 9.64 Å². The molecule has 0 spiro atoms. The molecule has 0 atom stereocenters. The van der Waals surface area contributed by atoms with Crippen molar-refractivity contribution in [2.75, 3.05) is 33.3 Å². The fraction of sp³-hybridized carbons (Fsp3) is 0.500. The first kappa shape index (κ1) is 17.2. The molecule has 1 aromatic rings. The van der Waals surface area contributed by atoms with Crippen LogP contribution < -0.4 is 4.74 Å². The van der Waals surface area contributed by atoms with Gasteiger partial charge in [0, 0.05) is 37.6 Å². The number of sulfonamides is 1. The van der Waals surface area contributed by atoms with E-state index in [9.17, 15) is 13.2 Å². The molecular formula is C14H19BrN2O4S. The van der Waals surface area contributed by atoms with E-state index < -0.39 is 10.0 Å². The molecule has 0 unspecified atom stereocenters. The van der Waals surface area contributed by atoms with E-state index in [0.717, 1.165) is 5.56 Å². The van der Waals surface area contributed by atoms with Crippen LogP contribution >= 0.6 is 15.9 Å².